The topological polar surface area (TPSA) is 49.3 Å². The maximum absolute atomic E-state index is 12.7. The number of hydrogen-bond acceptors (Lipinski definition) is 2. The van der Waals surface area contributed by atoms with E-state index in [4.69, 9.17) is 0 Å². The molecule has 0 aliphatic heterocycles. The molecule has 2 atom stereocenters. The molecule has 1 fully saturated rings. The lowest BCUT2D eigenvalue weighted by Gasteiger charge is -2.29. The molecule has 3 rings (SSSR count). The molecule has 3 heteroatoms. The zero-order valence-corrected chi connectivity index (χ0v) is 12.1. The summed E-state index contributed by atoms with van der Waals surface area (Å²) >= 11 is 0. The van der Waals surface area contributed by atoms with E-state index in [1.165, 1.54) is 0 Å². The number of fused-ring (bicyclic) bond motifs is 1. The lowest BCUT2D eigenvalue weighted by molar-refractivity contribution is -0.132. The lowest BCUT2D eigenvalue weighted by Crippen LogP contribution is -2.43. The molecule has 0 aromatic heterocycles. The fraction of sp³-hybridized carbons (Fsp3) is 0.588. The van der Waals surface area contributed by atoms with E-state index in [-0.39, 0.29) is 17.4 Å². The Bertz CT molecular complexity index is 505. The molecule has 0 saturated heterocycles. The van der Waals surface area contributed by atoms with Gasteiger partial charge in [0.05, 0.1) is 12.1 Å². The summed E-state index contributed by atoms with van der Waals surface area (Å²) in [5, 5.41) is 13.4. The third-order valence-electron chi connectivity index (χ3n) is 5.21. The zero-order valence-electron chi connectivity index (χ0n) is 12.1. The number of benzene rings is 1. The highest BCUT2D eigenvalue weighted by Crippen LogP contribution is 2.42. The van der Waals surface area contributed by atoms with Crippen LogP contribution in [0.5, 0.6) is 0 Å². The third-order valence-corrected chi connectivity index (χ3v) is 5.21. The maximum atomic E-state index is 12.7. The monoisotopic (exact) mass is 273 g/mol. The molecule has 0 radical (unpaired) electrons. The van der Waals surface area contributed by atoms with Gasteiger partial charge in [-0.1, -0.05) is 44.0 Å². The first-order valence-corrected chi connectivity index (χ1v) is 7.73. The van der Waals surface area contributed by atoms with E-state index in [2.05, 4.69) is 12.2 Å². The summed E-state index contributed by atoms with van der Waals surface area (Å²) in [5.41, 5.74) is 2.04. The molecular weight excluding hydrogens is 250 g/mol. The lowest BCUT2D eigenvalue weighted by atomic mass is 9.82. The predicted molar refractivity (Wildman–Crippen MR) is 78.2 cm³/mol. The summed E-state index contributed by atoms with van der Waals surface area (Å²) < 4.78 is 0. The standard InChI is InChI=1S/C17H23NO2/c1-2-17(9-5-6-10-17)16(20)18-15-13-8-4-3-7-12(13)11-14(15)19/h3-4,7-8,14-15,19H,2,5-6,9-11H2,1H3,(H,18,20)/t14-,15+/m0/s1. The summed E-state index contributed by atoms with van der Waals surface area (Å²) in [6.45, 7) is 2.10. The average molecular weight is 273 g/mol. The van der Waals surface area contributed by atoms with Crippen LogP contribution in [-0.4, -0.2) is 17.1 Å². The van der Waals surface area contributed by atoms with E-state index in [9.17, 15) is 9.90 Å². The van der Waals surface area contributed by atoms with Crippen LogP contribution < -0.4 is 5.32 Å². The summed E-state index contributed by atoms with van der Waals surface area (Å²) in [6, 6.07) is 7.78. The Morgan fingerprint density at radius 2 is 2.05 bits per heavy atom. The number of aliphatic hydroxyl groups excluding tert-OH is 1. The summed E-state index contributed by atoms with van der Waals surface area (Å²) in [7, 11) is 0. The first-order chi connectivity index (χ1) is 9.66. The molecule has 1 aromatic carbocycles. The SMILES string of the molecule is CCC1(C(=O)N[C@@H]2c3ccccc3C[C@@H]2O)CCCC1. The molecule has 1 saturated carbocycles. The maximum Gasteiger partial charge on any atom is 0.226 e. The van der Waals surface area contributed by atoms with Crippen LogP contribution in [0.4, 0.5) is 0 Å². The van der Waals surface area contributed by atoms with E-state index in [1.807, 2.05) is 24.3 Å². The fourth-order valence-corrected chi connectivity index (χ4v) is 3.84. The Kier molecular flexibility index (Phi) is 3.55. The minimum absolute atomic E-state index is 0.137. The minimum atomic E-state index is -0.494. The van der Waals surface area contributed by atoms with Crippen LogP contribution in [0.1, 0.15) is 56.2 Å². The Balaban J connectivity index is 1.79. The van der Waals surface area contributed by atoms with E-state index in [0.29, 0.717) is 6.42 Å². The van der Waals surface area contributed by atoms with Gasteiger partial charge < -0.3 is 10.4 Å². The Labute approximate surface area is 120 Å². The number of hydrogen-bond donors (Lipinski definition) is 2. The highest BCUT2D eigenvalue weighted by molar-refractivity contribution is 5.83. The van der Waals surface area contributed by atoms with Crippen molar-refractivity contribution in [3.63, 3.8) is 0 Å². The molecule has 2 N–H and O–H groups in total. The Hall–Kier alpha value is -1.35. The minimum Gasteiger partial charge on any atom is -0.390 e. The quantitative estimate of drug-likeness (QED) is 0.889. The van der Waals surface area contributed by atoms with Crippen LogP contribution in [0.15, 0.2) is 24.3 Å². The van der Waals surface area contributed by atoms with Crippen LogP contribution in [0.2, 0.25) is 0 Å². The fourth-order valence-electron chi connectivity index (χ4n) is 3.84. The van der Waals surface area contributed by atoms with Gasteiger partial charge in [0.2, 0.25) is 5.91 Å². The van der Waals surface area contributed by atoms with Gasteiger partial charge in [-0.3, -0.25) is 4.79 Å². The number of aliphatic hydroxyl groups is 1. The average Bonchev–Trinajstić information content (AvgIpc) is 3.05. The van der Waals surface area contributed by atoms with Crippen molar-refractivity contribution in [1.29, 1.82) is 0 Å². The molecule has 0 bridgehead atoms. The molecule has 3 nitrogen and oxygen atoms in total. The normalized spacial score (nSPS) is 27.3. The van der Waals surface area contributed by atoms with Crippen molar-refractivity contribution in [2.75, 3.05) is 0 Å². The van der Waals surface area contributed by atoms with Crippen LogP contribution in [0, 0.1) is 5.41 Å². The van der Waals surface area contributed by atoms with Gasteiger partial charge in [0, 0.05) is 11.8 Å². The zero-order chi connectivity index (χ0) is 14.2. The molecule has 20 heavy (non-hydrogen) atoms. The van der Waals surface area contributed by atoms with E-state index < -0.39 is 6.10 Å². The van der Waals surface area contributed by atoms with Crippen molar-refractivity contribution in [3.8, 4) is 0 Å². The van der Waals surface area contributed by atoms with Gasteiger partial charge in [-0.05, 0) is 30.4 Å². The first kappa shape index (κ1) is 13.6. The number of nitrogens with one attached hydrogen (secondary N) is 1. The molecular formula is C17H23NO2. The van der Waals surface area contributed by atoms with E-state index in [1.54, 1.807) is 0 Å². The largest absolute Gasteiger partial charge is 0.390 e. The molecule has 2 aliphatic rings. The number of carbonyl (C=O) groups excluding carboxylic acids is 1. The predicted octanol–water partition coefficient (Wildman–Crippen LogP) is 2.73. The highest BCUT2D eigenvalue weighted by Gasteiger charge is 2.42. The van der Waals surface area contributed by atoms with Crippen molar-refractivity contribution >= 4 is 5.91 Å². The van der Waals surface area contributed by atoms with Crippen LogP contribution in [0.25, 0.3) is 0 Å². The smallest absolute Gasteiger partial charge is 0.226 e. The number of rotatable bonds is 3. The van der Waals surface area contributed by atoms with Crippen molar-refractivity contribution in [1.82, 2.24) is 5.32 Å². The van der Waals surface area contributed by atoms with Crippen molar-refractivity contribution < 1.29 is 9.90 Å². The van der Waals surface area contributed by atoms with Gasteiger partial charge in [0.1, 0.15) is 0 Å². The van der Waals surface area contributed by atoms with Crippen molar-refractivity contribution in [2.45, 2.75) is 57.6 Å². The summed E-state index contributed by atoms with van der Waals surface area (Å²) in [4.78, 5) is 12.7. The van der Waals surface area contributed by atoms with Gasteiger partial charge in [0.15, 0.2) is 0 Å². The number of carbonyl (C=O) groups is 1. The van der Waals surface area contributed by atoms with Gasteiger partial charge in [-0.25, -0.2) is 0 Å². The van der Waals surface area contributed by atoms with E-state index in [0.717, 1.165) is 43.2 Å². The molecule has 0 heterocycles. The van der Waals surface area contributed by atoms with Crippen molar-refractivity contribution in [3.05, 3.63) is 35.4 Å². The Morgan fingerprint density at radius 3 is 2.75 bits per heavy atom. The third kappa shape index (κ3) is 2.14. The van der Waals surface area contributed by atoms with Gasteiger partial charge in [-0.15, -0.1) is 0 Å². The molecule has 2 aliphatic carbocycles. The van der Waals surface area contributed by atoms with Gasteiger partial charge in [-0.2, -0.15) is 0 Å². The molecule has 108 valence electrons. The van der Waals surface area contributed by atoms with Gasteiger partial charge >= 0.3 is 0 Å². The van der Waals surface area contributed by atoms with Crippen LogP contribution >= 0.6 is 0 Å². The first-order valence-electron chi connectivity index (χ1n) is 7.73. The second-order valence-electron chi connectivity index (χ2n) is 6.26. The van der Waals surface area contributed by atoms with Crippen LogP contribution in [-0.2, 0) is 11.2 Å². The summed E-state index contributed by atoms with van der Waals surface area (Å²) in [6.07, 6.45) is 5.30. The Morgan fingerprint density at radius 1 is 1.35 bits per heavy atom. The second kappa shape index (κ2) is 5.21. The van der Waals surface area contributed by atoms with Crippen molar-refractivity contribution in [2.24, 2.45) is 5.41 Å². The molecule has 0 spiro atoms. The highest BCUT2D eigenvalue weighted by atomic mass is 16.3. The second-order valence-corrected chi connectivity index (χ2v) is 6.26. The van der Waals surface area contributed by atoms with E-state index >= 15 is 0 Å². The molecule has 1 amide bonds. The molecule has 0 unspecified atom stereocenters. The molecule has 1 aromatic rings. The van der Waals surface area contributed by atoms with Crippen LogP contribution in [0.3, 0.4) is 0 Å². The summed E-state index contributed by atoms with van der Waals surface area (Å²) in [5.74, 6) is 0.137. The number of amides is 1. The van der Waals surface area contributed by atoms with Gasteiger partial charge in [0.25, 0.3) is 0 Å².